The predicted octanol–water partition coefficient (Wildman–Crippen LogP) is 0.107. The van der Waals surface area contributed by atoms with Crippen molar-refractivity contribution in [3.63, 3.8) is 0 Å². The maximum absolute atomic E-state index is 11.5. The monoisotopic (exact) mass is 166 g/mol. The predicted molar refractivity (Wildman–Crippen MR) is 37.3 cm³/mol. The minimum Gasteiger partial charge on any atom is -0.370 e. The molecular formula is C6H12F2N2O. The maximum atomic E-state index is 11.5. The van der Waals surface area contributed by atoms with Crippen LogP contribution in [-0.4, -0.2) is 25.4 Å². The molecule has 66 valence electrons. The Hall–Kier alpha value is -0.710. The van der Waals surface area contributed by atoms with E-state index in [1.165, 1.54) is 0 Å². The van der Waals surface area contributed by atoms with Gasteiger partial charge in [0.05, 0.1) is 6.54 Å². The fourth-order valence-electron chi connectivity index (χ4n) is 0.599. The van der Waals surface area contributed by atoms with Gasteiger partial charge in [0.15, 0.2) is 0 Å². The number of hydrogen-bond donors (Lipinski definition) is 2. The highest BCUT2D eigenvalue weighted by Gasteiger charge is 2.00. The molecule has 0 bridgehead atoms. The molecule has 0 unspecified atom stereocenters. The smallest absolute Gasteiger partial charge is 0.250 e. The highest BCUT2D eigenvalue weighted by Crippen LogP contribution is 1.89. The second kappa shape index (κ2) is 6.03. The second-order valence-corrected chi connectivity index (χ2v) is 2.17. The zero-order valence-electron chi connectivity index (χ0n) is 6.15. The number of hydrogen-bond acceptors (Lipinski definition) is 2. The van der Waals surface area contributed by atoms with Gasteiger partial charge in [0.25, 0.3) is 6.43 Å². The van der Waals surface area contributed by atoms with E-state index in [9.17, 15) is 13.6 Å². The number of carbonyl (C=O) groups is 1. The minimum atomic E-state index is -2.33. The SMILES string of the molecule is NC(=O)CCCNCC(F)F. The number of carbonyl (C=O) groups excluding carboxylic acids is 1. The molecule has 0 aliphatic carbocycles. The van der Waals surface area contributed by atoms with Gasteiger partial charge in [0.1, 0.15) is 0 Å². The number of halogens is 2. The van der Waals surface area contributed by atoms with Gasteiger partial charge in [-0.25, -0.2) is 8.78 Å². The van der Waals surface area contributed by atoms with Gasteiger partial charge in [-0.05, 0) is 13.0 Å². The molecule has 0 radical (unpaired) electrons. The number of nitrogens with one attached hydrogen (secondary N) is 1. The first-order chi connectivity index (χ1) is 5.13. The molecule has 3 N–H and O–H groups in total. The normalized spacial score (nSPS) is 10.5. The highest BCUT2D eigenvalue weighted by atomic mass is 19.3. The number of rotatable bonds is 6. The summed E-state index contributed by atoms with van der Waals surface area (Å²) in [6, 6.07) is 0. The van der Waals surface area contributed by atoms with Crippen LogP contribution in [0.15, 0.2) is 0 Å². The van der Waals surface area contributed by atoms with Crippen molar-refractivity contribution in [2.75, 3.05) is 13.1 Å². The molecule has 0 aromatic heterocycles. The van der Waals surface area contributed by atoms with Crippen molar-refractivity contribution in [2.45, 2.75) is 19.3 Å². The summed E-state index contributed by atoms with van der Waals surface area (Å²) in [4.78, 5) is 10.1. The van der Waals surface area contributed by atoms with Gasteiger partial charge in [-0.15, -0.1) is 0 Å². The molecule has 5 heteroatoms. The third-order valence-corrected chi connectivity index (χ3v) is 1.08. The second-order valence-electron chi connectivity index (χ2n) is 2.17. The molecule has 0 aliphatic rings. The molecule has 1 amide bonds. The lowest BCUT2D eigenvalue weighted by molar-refractivity contribution is -0.118. The molecule has 0 saturated heterocycles. The van der Waals surface area contributed by atoms with Crippen LogP contribution in [0.5, 0.6) is 0 Å². The van der Waals surface area contributed by atoms with Crippen LogP contribution < -0.4 is 11.1 Å². The Labute approximate surface area is 63.9 Å². The van der Waals surface area contributed by atoms with Crippen molar-refractivity contribution in [3.05, 3.63) is 0 Å². The van der Waals surface area contributed by atoms with Crippen LogP contribution in [-0.2, 0) is 4.79 Å². The fourth-order valence-corrected chi connectivity index (χ4v) is 0.599. The van der Waals surface area contributed by atoms with Gasteiger partial charge in [0.2, 0.25) is 5.91 Å². The van der Waals surface area contributed by atoms with Crippen LogP contribution in [0.1, 0.15) is 12.8 Å². The molecular weight excluding hydrogens is 154 g/mol. The summed E-state index contributed by atoms with van der Waals surface area (Å²) in [7, 11) is 0. The molecule has 0 saturated carbocycles. The lowest BCUT2D eigenvalue weighted by Crippen LogP contribution is -2.23. The van der Waals surface area contributed by atoms with Crippen molar-refractivity contribution >= 4 is 5.91 Å². The molecule has 11 heavy (non-hydrogen) atoms. The van der Waals surface area contributed by atoms with Crippen LogP contribution in [0.25, 0.3) is 0 Å². The molecule has 0 aromatic rings. The van der Waals surface area contributed by atoms with Gasteiger partial charge >= 0.3 is 0 Å². The van der Waals surface area contributed by atoms with E-state index >= 15 is 0 Å². The minimum absolute atomic E-state index is 0.246. The lowest BCUT2D eigenvalue weighted by Gasteiger charge is -2.01. The summed E-state index contributed by atoms with van der Waals surface area (Å²) in [6.45, 7) is 0.0893. The first-order valence-electron chi connectivity index (χ1n) is 3.40. The van der Waals surface area contributed by atoms with Gasteiger partial charge in [-0.3, -0.25) is 4.79 Å². The van der Waals surface area contributed by atoms with Gasteiger partial charge < -0.3 is 11.1 Å². The molecule has 0 rings (SSSR count). The van der Waals surface area contributed by atoms with Crippen molar-refractivity contribution in [1.82, 2.24) is 5.32 Å². The van der Waals surface area contributed by atoms with E-state index < -0.39 is 12.3 Å². The molecule has 0 fully saturated rings. The fraction of sp³-hybridized carbons (Fsp3) is 0.833. The number of nitrogens with two attached hydrogens (primary N) is 1. The molecule has 0 spiro atoms. The summed E-state index contributed by atoms with van der Waals surface area (Å²) >= 11 is 0. The molecule has 0 aliphatic heterocycles. The molecule has 0 aromatic carbocycles. The Morgan fingerprint density at radius 2 is 2.18 bits per heavy atom. The highest BCUT2D eigenvalue weighted by molar-refractivity contribution is 5.73. The third-order valence-electron chi connectivity index (χ3n) is 1.08. The zero-order valence-corrected chi connectivity index (χ0v) is 6.15. The van der Waals surface area contributed by atoms with Crippen molar-refractivity contribution < 1.29 is 13.6 Å². The zero-order chi connectivity index (χ0) is 8.69. The summed E-state index contributed by atoms with van der Waals surface area (Å²) < 4.78 is 22.9. The number of amides is 1. The molecule has 3 nitrogen and oxygen atoms in total. The van der Waals surface area contributed by atoms with Crippen LogP contribution in [0.4, 0.5) is 8.78 Å². The first-order valence-corrected chi connectivity index (χ1v) is 3.40. The Morgan fingerprint density at radius 3 is 2.64 bits per heavy atom. The Kier molecular flexibility index (Phi) is 5.64. The lowest BCUT2D eigenvalue weighted by atomic mass is 10.3. The van der Waals surface area contributed by atoms with E-state index in [2.05, 4.69) is 5.32 Å². The average Bonchev–Trinajstić information content (AvgIpc) is 1.85. The first kappa shape index (κ1) is 10.3. The van der Waals surface area contributed by atoms with Crippen LogP contribution >= 0.6 is 0 Å². The van der Waals surface area contributed by atoms with Crippen molar-refractivity contribution in [2.24, 2.45) is 5.73 Å². The Bertz CT molecular complexity index is 119. The number of primary amides is 1. The average molecular weight is 166 g/mol. The van der Waals surface area contributed by atoms with Crippen LogP contribution in [0.3, 0.4) is 0 Å². The van der Waals surface area contributed by atoms with Crippen molar-refractivity contribution in [1.29, 1.82) is 0 Å². The van der Waals surface area contributed by atoms with Gasteiger partial charge in [-0.1, -0.05) is 0 Å². The van der Waals surface area contributed by atoms with E-state index in [1.807, 2.05) is 0 Å². The number of alkyl halides is 2. The van der Waals surface area contributed by atoms with E-state index in [0.717, 1.165) is 0 Å². The third kappa shape index (κ3) is 9.29. The van der Waals surface area contributed by atoms with Crippen LogP contribution in [0, 0.1) is 0 Å². The summed E-state index contributed by atoms with van der Waals surface area (Å²) in [5, 5.41) is 2.48. The summed E-state index contributed by atoms with van der Waals surface area (Å²) in [5.74, 6) is -0.399. The van der Waals surface area contributed by atoms with Crippen molar-refractivity contribution in [3.8, 4) is 0 Å². The van der Waals surface area contributed by atoms with Crippen LogP contribution in [0.2, 0.25) is 0 Å². The maximum Gasteiger partial charge on any atom is 0.250 e. The quantitative estimate of drug-likeness (QED) is 0.550. The summed E-state index contributed by atoms with van der Waals surface area (Å²) in [6.07, 6.45) is -1.57. The summed E-state index contributed by atoms with van der Waals surface area (Å²) in [5.41, 5.74) is 4.82. The van der Waals surface area contributed by atoms with E-state index in [-0.39, 0.29) is 13.0 Å². The van der Waals surface area contributed by atoms with E-state index in [1.54, 1.807) is 0 Å². The standard InChI is InChI=1S/C6H12F2N2O/c7-5(8)4-10-3-1-2-6(9)11/h5,10H,1-4H2,(H2,9,11). The topological polar surface area (TPSA) is 55.1 Å². The van der Waals surface area contributed by atoms with E-state index in [4.69, 9.17) is 5.73 Å². The van der Waals surface area contributed by atoms with Gasteiger partial charge in [-0.2, -0.15) is 0 Å². The molecule has 0 atom stereocenters. The molecule has 0 heterocycles. The largest absolute Gasteiger partial charge is 0.370 e. The Morgan fingerprint density at radius 1 is 1.55 bits per heavy atom. The van der Waals surface area contributed by atoms with E-state index in [0.29, 0.717) is 13.0 Å². The Balaban J connectivity index is 2.97. The van der Waals surface area contributed by atoms with Gasteiger partial charge in [0, 0.05) is 6.42 Å².